The lowest BCUT2D eigenvalue weighted by Gasteiger charge is -2.29. The van der Waals surface area contributed by atoms with Gasteiger partial charge in [-0.2, -0.15) is 0 Å². The standard InChI is InChI=1S/C34H31Br2N3O6/c1-21(40)22-15-17-24(18-16-22)38-34(43)45-33(26-19-23(35)20-27(36)32(26)42)30(44-25-9-3-2-4-10-25)13-7-8-14-31(41)39-29-12-6-5-11-28(29)37/h2-6,8-12,14-20,30,33,42H,7,13,37H2,1H3,(H,38,43)(H,39,41)/b14-8+/t30-,33-/m1/s1. The van der Waals surface area contributed by atoms with Crippen molar-refractivity contribution in [1.29, 1.82) is 0 Å². The average Bonchev–Trinajstić information content (AvgIpc) is 3.01. The highest BCUT2D eigenvalue weighted by Crippen LogP contribution is 2.40. The molecule has 2 atom stereocenters. The van der Waals surface area contributed by atoms with Gasteiger partial charge in [0.1, 0.15) is 17.6 Å². The minimum atomic E-state index is -1.10. The van der Waals surface area contributed by atoms with Crippen LogP contribution in [0.5, 0.6) is 11.5 Å². The second-order valence-electron chi connectivity index (χ2n) is 9.94. The Morgan fingerprint density at radius 3 is 2.31 bits per heavy atom. The number of nitrogen functional groups attached to an aromatic ring is 1. The van der Waals surface area contributed by atoms with Crippen molar-refractivity contribution in [2.45, 2.75) is 32.0 Å². The van der Waals surface area contributed by atoms with Gasteiger partial charge in [-0.15, -0.1) is 0 Å². The number of carbonyl (C=O) groups excluding carboxylic acids is 3. The minimum Gasteiger partial charge on any atom is -0.506 e. The topological polar surface area (TPSA) is 140 Å². The summed E-state index contributed by atoms with van der Waals surface area (Å²) in [6.45, 7) is 1.46. The highest BCUT2D eigenvalue weighted by molar-refractivity contribution is 9.11. The van der Waals surface area contributed by atoms with E-state index in [2.05, 4.69) is 42.5 Å². The van der Waals surface area contributed by atoms with Gasteiger partial charge >= 0.3 is 6.09 Å². The summed E-state index contributed by atoms with van der Waals surface area (Å²) in [5.74, 6) is -0.0634. The van der Waals surface area contributed by atoms with Gasteiger partial charge in [0.15, 0.2) is 11.9 Å². The maximum atomic E-state index is 13.2. The van der Waals surface area contributed by atoms with Gasteiger partial charge in [0, 0.05) is 21.3 Å². The van der Waals surface area contributed by atoms with Crippen molar-refractivity contribution >= 4 is 66.7 Å². The molecule has 0 aromatic heterocycles. The number of anilines is 3. The van der Waals surface area contributed by atoms with Crippen LogP contribution in [-0.4, -0.2) is 29.0 Å². The molecule has 4 rings (SSSR count). The van der Waals surface area contributed by atoms with Crippen LogP contribution in [0.4, 0.5) is 21.9 Å². The maximum absolute atomic E-state index is 13.2. The molecule has 9 nitrogen and oxygen atoms in total. The monoisotopic (exact) mass is 735 g/mol. The fourth-order valence-corrected chi connectivity index (χ4v) is 5.63. The van der Waals surface area contributed by atoms with E-state index in [-0.39, 0.29) is 17.4 Å². The van der Waals surface area contributed by atoms with Crippen LogP contribution in [0.25, 0.3) is 0 Å². The summed E-state index contributed by atoms with van der Waals surface area (Å²) in [6.07, 6.45) is 1.03. The zero-order valence-electron chi connectivity index (χ0n) is 24.2. The van der Waals surface area contributed by atoms with Gasteiger partial charge in [-0.3, -0.25) is 14.9 Å². The molecule has 0 bridgehead atoms. The van der Waals surface area contributed by atoms with Crippen LogP contribution in [-0.2, 0) is 9.53 Å². The zero-order chi connectivity index (χ0) is 32.3. The highest BCUT2D eigenvalue weighted by Gasteiger charge is 2.32. The Morgan fingerprint density at radius 2 is 1.62 bits per heavy atom. The molecule has 5 N–H and O–H groups in total. The van der Waals surface area contributed by atoms with Crippen molar-refractivity contribution in [1.82, 2.24) is 0 Å². The molecule has 0 fully saturated rings. The van der Waals surface area contributed by atoms with Crippen LogP contribution >= 0.6 is 31.9 Å². The fraction of sp³-hybridized carbons (Fsp3) is 0.147. The van der Waals surface area contributed by atoms with Crippen LogP contribution in [0.1, 0.15) is 41.8 Å². The summed E-state index contributed by atoms with van der Waals surface area (Å²) >= 11 is 6.81. The van der Waals surface area contributed by atoms with Crippen molar-refractivity contribution in [3.63, 3.8) is 0 Å². The molecule has 2 amide bonds. The first kappa shape index (κ1) is 33.3. The van der Waals surface area contributed by atoms with Crippen molar-refractivity contribution in [3.05, 3.63) is 123 Å². The average molecular weight is 737 g/mol. The molecule has 0 unspecified atom stereocenters. The molecule has 232 valence electrons. The number of phenolic OH excluding ortho intramolecular Hbond substituents is 1. The number of nitrogens with two attached hydrogens (primary N) is 1. The van der Waals surface area contributed by atoms with Crippen molar-refractivity contribution in [2.75, 3.05) is 16.4 Å². The number of phenols is 1. The third-order valence-corrected chi connectivity index (χ3v) is 7.67. The van der Waals surface area contributed by atoms with Crippen molar-refractivity contribution < 1.29 is 29.0 Å². The number of ether oxygens (including phenoxy) is 2. The van der Waals surface area contributed by atoms with Crippen molar-refractivity contribution in [3.8, 4) is 11.5 Å². The summed E-state index contributed by atoms with van der Waals surface area (Å²) in [5, 5.41) is 16.5. The number of Topliss-reactive ketones (excluding diaryl/α,β-unsaturated/α-hetero) is 1. The second kappa shape index (κ2) is 15.9. The van der Waals surface area contributed by atoms with E-state index in [0.717, 1.165) is 0 Å². The Kier molecular flexibility index (Phi) is 11.8. The lowest BCUT2D eigenvalue weighted by molar-refractivity contribution is -0.111. The number of allylic oxidation sites excluding steroid dienone is 1. The van der Waals surface area contributed by atoms with Crippen LogP contribution in [0.3, 0.4) is 0 Å². The molecule has 4 aromatic rings. The number of para-hydroxylation sites is 3. The lowest BCUT2D eigenvalue weighted by Crippen LogP contribution is -2.31. The Hall–Kier alpha value is -4.61. The first-order valence-electron chi connectivity index (χ1n) is 13.9. The van der Waals surface area contributed by atoms with Gasteiger partial charge in [-0.1, -0.05) is 52.3 Å². The summed E-state index contributed by atoms with van der Waals surface area (Å²) < 4.78 is 13.3. The third-order valence-electron chi connectivity index (χ3n) is 6.61. The van der Waals surface area contributed by atoms with Gasteiger partial charge in [-0.05, 0) is 102 Å². The predicted molar refractivity (Wildman–Crippen MR) is 182 cm³/mol. The number of ketones is 1. The van der Waals surface area contributed by atoms with E-state index in [4.69, 9.17) is 15.2 Å². The molecular formula is C34H31Br2N3O6. The molecule has 4 aromatic carbocycles. The van der Waals surface area contributed by atoms with Gasteiger partial charge in [-0.25, -0.2) is 4.79 Å². The van der Waals surface area contributed by atoms with Gasteiger partial charge < -0.3 is 25.6 Å². The first-order chi connectivity index (χ1) is 21.6. The summed E-state index contributed by atoms with van der Waals surface area (Å²) in [7, 11) is 0. The van der Waals surface area contributed by atoms with Gasteiger partial charge in [0.25, 0.3) is 0 Å². The molecule has 0 aliphatic rings. The molecule has 0 saturated heterocycles. The fourth-order valence-electron chi connectivity index (χ4n) is 4.38. The summed E-state index contributed by atoms with van der Waals surface area (Å²) in [6, 6.07) is 25.7. The van der Waals surface area contributed by atoms with E-state index >= 15 is 0 Å². The van der Waals surface area contributed by atoms with E-state index in [1.54, 1.807) is 78.9 Å². The zero-order valence-corrected chi connectivity index (χ0v) is 27.4. The summed E-state index contributed by atoms with van der Waals surface area (Å²) in [5.41, 5.74) is 8.08. The van der Waals surface area contributed by atoms with Crippen LogP contribution < -0.4 is 21.1 Å². The van der Waals surface area contributed by atoms with Crippen LogP contribution in [0, 0.1) is 0 Å². The number of hydrogen-bond donors (Lipinski definition) is 4. The van der Waals surface area contributed by atoms with E-state index in [0.29, 0.717) is 55.7 Å². The van der Waals surface area contributed by atoms with E-state index < -0.39 is 18.3 Å². The molecular weight excluding hydrogens is 706 g/mol. The quantitative estimate of drug-likeness (QED) is 0.0651. The number of amides is 2. The van der Waals surface area contributed by atoms with Crippen LogP contribution in [0.15, 0.2) is 112 Å². The second-order valence-corrected chi connectivity index (χ2v) is 11.7. The Balaban J connectivity index is 1.59. The maximum Gasteiger partial charge on any atom is 0.412 e. The predicted octanol–water partition coefficient (Wildman–Crippen LogP) is 8.41. The Morgan fingerprint density at radius 1 is 0.933 bits per heavy atom. The van der Waals surface area contributed by atoms with Gasteiger partial charge in [0.2, 0.25) is 5.91 Å². The number of nitrogens with one attached hydrogen (secondary N) is 2. The molecule has 0 spiro atoms. The van der Waals surface area contributed by atoms with Crippen LogP contribution in [0.2, 0.25) is 0 Å². The third kappa shape index (κ3) is 9.69. The Bertz CT molecular complexity index is 1680. The number of hydrogen-bond acceptors (Lipinski definition) is 7. The number of aromatic hydroxyl groups is 1. The molecule has 11 heteroatoms. The largest absolute Gasteiger partial charge is 0.506 e. The number of rotatable bonds is 12. The summed E-state index contributed by atoms with van der Waals surface area (Å²) in [4.78, 5) is 37.4. The van der Waals surface area contributed by atoms with Gasteiger partial charge in [0.05, 0.1) is 15.8 Å². The number of benzene rings is 4. The van der Waals surface area contributed by atoms with Crippen molar-refractivity contribution in [2.24, 2.45) is 0 Å². The molecule has 0 saturated carbocycles. The SMILES string of the molecule is CC(=O)c1ccc(NC(=O)O[C@H](c2cc(Br)cc(Br)c2O)[C@@H](CC/C=C/C(=O)Nc2ccccc2N)Oc2ccccc2)cc1. The molecule has 45 heavy (non-hydrogen) atoms. The van der Waals surface area contributed by atoms with E-state index in [1.165, 1.54) is 13.0 Å². The Labute approximate surface area is 277 Å². The highest BCUT2D eigenvalue weighted by atomic mass is 79.9. The first-order valence-corrected chi connectivity index (χ1v) is 15.5. The molecule has 0 radical (unpaired) electrons. The normalized spacial score (nSPS) is 12.2. The van der Waals surface area contributed by atoms with E-state index in [1.807, 2.05) is 18.2 Å². The molecule has 0 aliphatic heterocycles. The molecule has 0 aliphatic carbocycles. The minimum absolute atomic E-state index is 0.100. The number of carbonyl (C=O) groups is 3. The smallest absolute Gasteiger partial charge is 0.412 e. The lowest BCUT2D eigenvalue weighted by atomic mass is 9.99. The number of halogens is 2. The molecule has 0 heterocycles. The van der Waals surface area contributed by atoms with E-state index in [9.17, 15) is 19.5 Å².